The van der Waals surface area contributed by atoms with E-state index in [0.717, 1.165) is 30.7 Å². The van der Waals surface area contributed by atoms with Crippen LogP contribution in [-0.2, 0) is 11.2 Å². The van der Waals surface area contributed by atoms with E-state index in [1.54, 1.807) is 12.5 Å². The van der Waals surface area contributed by atoms with Crippen LogP contribution in [0.4, 0.5) is 0 Å². The van der Waals surface area contributed by atoms with E-state index in [1.165, 1.54) is 11.3 Å². The Hall–Kier alpha value is -0.980. The number of hydrogen-bond acceptors (Lipinski definition) is 5. The molecule has 0 radical (unpaired) electrons. The third kappa shape index (κ3) is 3.28. The van der Waals surface area contributed by atoms with Crippen molar-refractivity contribution in [3.63, 3.8) is 0 Å². The van der Waals surface area contributed by atoms with Gasteiger partial charge in [-0.05, 0) is 25.8 Å². The molecule has 18 heavy (non-hydrogen) atoms. The smallest absolute Gasteiger partial charge is 0.270 e. The Bertz CT molecular complexity index is 408. The van der Waals surface area contributed by atoms with Crippen molar-refractivity contribution < 1.29 is 9.53 Å². The molecule has 1 aliphatic carbocycles. The van der Waals surface area contributed by atoms with Gasteiger partial charge in [0.2, 0.25) is 0 Å². The van der Waals surface area contributed by atoms with Crippen molar-refractivity contribution in [3.8, 4) is 0 Å². The van der Waals surface area contributed by atoms with Gasteiger partial charge in [0.1, 0.15) is 5.69 Å². The zero-order valence-electron chi connectivity index (χ0n) is 10.5. The number of ether oxygens (including phenoxy) is 1. The number of methoxy groups -OCH3 is 1. The molecular weight excluding hydrogens is 250 g/mol. The normalized spacial score (nSPS) is 23.2. The number of nitrogens with two attached hydrogens (primary N) is 1. The molecule has 1 saturated carbocycles. The molecule has 100 valence electrons. The molecule has 2 rings (SSSR count). The molecule has 0 aromatic carbocycles. The van der Waals surface area contributed by atoms with Crippen LogP contribution in [0.1, 0.15) is 34.8 Å². The maximum Gasteiger partial charge on any atom is 0.270 e. The van der Waals surface area contributed by atoms with Crippen molar-refractivity contribution >= 4 is 17.2 Å². The number of nitrogens with one attached hydrogen (secondary N) is 1. The Labute approximate surface area is 111 Å². The number of amides is 1. The lowest BCUT2D eigenvalue weighted by atomic mass is 10.2. The predicted molar refractivity (Wildman–Crippen MR) is 70.8 cm³/mol. The van der Waals surface area contributed by atoms with Crippen LogP contribution in [-0.4, -0.2) is 36.7 Å². The van der Waals surface area contributed by atoms with E-state index in [4.69, 9.17) is 10.5 Å². The lowest BCUT2D eigenvalue weighted by Crippen LogP contribution is -2.33. The molecule has 1 heterocycles. The van der Waals surface area contributed by atoms with Gasteiger partial charge in [-0.1, -0.05) is 0 Å². The molecule has 6 heteroatoms. The second-order valence-electron chi connectivity index (χ2n) is 4.51. The zero-order chi connectivity index (χ0) is 13.0. The maximum absolute atomic E-state index is 12.0. The second kappa shape index (κ2) is 6.26. The monoisotopic (exact) mass is 269 g/mol. The van der Waals surface area contributed by atoms with Crippen molar-refractivity contribution in [2.75, 3.05) is 13.7 Å². The molecule has 0 spiro atoms. The highest BCUT2D eigenvalue weighted by molar-refractivity contribution is 7.09. The summed E-state index contributed by atoms with van der Waals surface area (Å²) in [7, 11) is 1.72. The Morgan fingerprint density at radius 2 is 2.50 bits per heavy atom. The molecule has 1 fully saturated rings. The Balaban J connectivity index is 1.87. The first-order valence-electron chi connectivity index (χ1n) is 6.21. The van der Waals surface area contributed by atoms with Gasteiger partial charge in [-0.15, -0.1) is 11.3 Å². The van der Waals surface area contributed by atoms with Crippen molar-refractivity contribution in [1.82, 2.24) is 10.3 Å². The second-order valence-corrected chi connectivity index (χ2v) is 5.45. The van der Waals surface area contributed by atoms with Gasteiger partial charge < -0.3 is 15.8 Å². The third-order valence-corrected chi connectivity index (χ3v) is 4.10. The highest BCUT2D eigenvalue weighted by Gasteiger charge is 2.26. The number of rotatable bonds is 5. The van der Waals surface area contributed by atoms with Crippen LogP contribution >= 0.6 is 11.3 Å². The minimum absolute atomic E-state index is 0.0868. The average molecular weight is 269 g/mol. The van der Waals surface area contributed by atoms with Crippen LogP contribution in [0.15, 0.2) is 5.38 Å². The molecule has 3 N–H and O–H groups in total. The van der Waals surface area contributed by atoms with E-state index < -0.39 is 0 Å². The molecule has 0 saturated heterocycles. The van der Waals surface area contributed by atoms with Gasteiger partial charge in [-0.3, -0.25) is 4.79 Å². The van der Waals surface area contributed by atoms with Crippen LogP contribution in [0.2, 0.25) is 0 Å². The average Bonchev–Trinajstić information content (AvgIpc) is 2.98. The first-order valence-corrected chi connectivity index (χ1v) is 7.09. The fraction of sp³-hybridized carbons (Fsp3) is 0.667. The first kappa shape index (κ1) is 13.5. The topological polar surface area (TPSA) is 77.2 Å². The highest BCUT2D eigenvalue weighted by atomic mass is 32.1. The van der Waals surface area contributed by atoms with E-state index in [0.29, 0.717) is 12.2 Å². The number of hydrogen-bond donors (Lipinski definition) is 2. The van der Waals surface area contributed by atoms with Crippen LogP contribution in [0.25, 0.3) is 0 Å². The van der Waals surface area contributed by atoms with Gasteiger partial charge in [-0.2, -0.15) is 0 Å². The molecule has 0 bridgehead atoms. The number of thiazole rings is 1. The summed E-state index contributed by atoms with van der Waals surface area (Å²) in [4.78, 5) is 16.3. The van der Waals surface area contributed by atoms with Gasteiger partial charge in [0, 0.05) is 25.0 Å². The quantitative estimate of drug-likeness (QED) is 0.834. The van der Waals surface area contributed by atoms with Crippen LogP contribution in [0.3, 0.4) is 0 Å². The van der Waals surface area contributed by atoms with E-state index in [2.05, 4.69) is 10.3 Å². The summed E-state index contributed by atoms with van der Waals surface area (Å²) in [6.07, 6.45) is 3.88. The number of carbonyl (C=O) groups is 1. The molecule has 2 atom stereocenters. The Morgan fingerprint density at radius 1 is 1.67 bits per heavy atom. The molecule has 1 aromatic heterocycles. The van der Waals surface area contributed by atoms with E-state index >= 15 is 0 Å². The van der Waals surface area contributed by atoms with Crippen LogP contribution in [0.5, 0.6) is 0 Å². The first-order chi connectivity index (χ1) is 8.72. The van der Waals surface area contributed by atoms with Crippen LogP contribution < -0.4 is 11.1 Å². The fourth-order valence-electron chi connectivity index (χ4n) is 2.20. The maximum atomic E-state index is 12.0. The van der Waals surface area contributed by atoms with E-state index in [-0.39, 0.29) is 18.1 Å². The summed E-state index contributed by atoms with van der Waals surface area (Å²) in [5.74, 6) is -0.0868. The lowest BCUT2D eigenvalue weighted by Gasteiger charge is -2.11. The number of nitrogens with zero attached hydrogens (tertiary/aromatic N) is 1. The fourth-order valence-corrected chi connectivity index (χ4v) is 2.99. The SMILES string of the molecule is COC1CCC(NC(=O)c2csc(CCN)n2)C1. The van der Waals surface area contributed by atoms with Crippen molar-refractivity contribution in [1.29, 1.82) is 0 Å². The van der Waals surface area contributed by atoms with E-state index in [9.17, 15) is 4.79 Å². The molecule has 2 unspecified atom stereocenters. The van der Waals surface area contributed by atoms with Crippen molar-refractivity contribution in [2.24, 2.45) is 5.73 Å². The third-order valence-electron chi connectivity index (χ3n) is 3.20. The molecule has 1 amide bonds. The van der Waals surface area contributed by atoms with Gasteiger partial charge in [0.05, 0.1) is 11.1 Å². The number of carbonyl (C=O) groups excluding carboxylic acids is 1. The van der Waals surface area contributed by atoms with Gasteiger partial charge >= 0.3 is 0 Å². The van der Waals surface area contributed by atoms with Crippen molar-refractivity contribution in [2.45, 2.75) is 37.8 Å². The summed E-state index contributed by atoms with van der Waals surface area (Å²) in [5, 5.41) is 5.72. The summed E-state index contributed by atoms with van der Waals surface area (Å²) in [6.45, 7) is 0.562. The minimum Gasteiger partial charge on any atom is -0.381 e. The molecule has 1 aliphatic rings. The van der Waals surface area contributed by atoms with Gasteiger partial charge in [0.15, 0.2) is 0 Å². The lowest BCUT2D eigenvalue weighted by molar-refractivity contribution is 0.0911. The molecule has 1 aromatic rings. The summed E-state index contributed by atoms with van der Waals surface area (Å²) in [5.41, 5.74) is 5.96. The largest absolute Gasteiger partial charge is 0.381 e. The summed E-state index contributed by atoms with van der Waals surface area (Å²) in [6, 6.07) is 0.210. The minimum atomic E-state index is -0.0868. The summed E-state index contributed by atoms with van der Waals surface area (Å²) < 4.78 is 5.29. The zero-order valence-corrected chi connectivity index (χ0v) is 11.3. The summed E-state index contributed by atoms with van der Waals surface area (Å²) >= 11 is 1.49. The molecular formula is C12H19N3O2S. The Kier molecular flexibility index (Phi) is 4.68. The molecule has 0 aliphatic heterocycles. The number of aromatic nitrogens is 1. The standard InChI is InChI=1S/C12H19N3O2S/c1-17-9-3-2-8(6-9)14-12(16)10-7-18-11(15-10)4-5-13/h7-9H,2-6,13H2,1H3,(H,14,16). The van der Waals surface area contributed by atoms with Gasteiger partial charge in [0.25, 0.3) is 5.91 Å². The predicted octanol–water partition coefficient (Wildman–Crippen LogP) is 0.942. The van der Waals surface area contributed by atoms with E-state index in [1.807, 2.05) is 0 Å². The molecule has 5 nitrogen and oxygen atoms in total. The van der Waals surface area contributed by atoms with Gasteiger partial charge in [-0.25, -0.2) is 4.98 Å². The Morgan fingerprint density at radius 3 is 3.17 bits per heavy atom. The van der Waals surface area contributed by atoms with Crippen molar-refractivity contribution in [3.05, 3.63) is 16.1 Å². The van der Waals surface area contributed by atoms with Crippen LogP contribution in [0, 0.1) is 0 Å². The highest BCUT2D eigenvalue weighted by Crippen LogP contribution is 2.21.